The van der Waals surface area contributed by atoms with Crippen molar-refractivity contribution in [1.29, 1.82) is 0 Å². The molecule has 1 fully saturated rings. The van der Waals surface area contributed by atoms with Crippen LogP contribution in [-0.2, 0) is 9.53 Å². The fourth-order valence-corrected chi connectivity index (χ4v) is 2.46. The maximum Gasteiger partial charge on any atom is 0.328 e. The van der Waals surface area contributed by atoms with E-state index >= 15 is 0 Å². The molecule has 0 spiro atoms. The van der Waals surface area contributed by atoms with Gasteiger partial charge in [-0.15, -0.1) is 0 Å². The van der Waals surface area contributed by atoms with E-state index in [9.17, 15) is 4.79 Å². The minimum atomic E-state index is -0.257. The Morgan fingerprint density at radius 1 is 1.38 bits per heavy atom. The summed E-state index contributed by atoms with van der Waals surface area (Å²) in [6, 6.07) is 1.54. The molecule has 116 valence electrons. The van der Waals surface area contributed by atoms with Gasteiger partial charge >= 0.3 is 5.97 Å². The summed E-state index contributed by atoms with van der Waals surface area (Å²) in [6.45, 7) is 5.69. The number of hydrogen-bond donors (Lipinski definition) is 0. The Labute approximate surface area is 125 Å². The Morgan fingerprint density at radius 2 is 2.24 bits per heavy atom. The molecule has 0 aromatic carbocycles. The van der Waals surface area contributed by atoms with Gasteiger partial charge in [-0.2, -0.15) is 0 Å². The normalized spacial score (nSPS) is 18.4. The minimum absolute atomic E-state index is 0.174. The fourth-order valence-electron chi connectivity index (χ4n) is 2.46. The summed E-state index contributed by atoms with van der Waals surface area (Å²) >= 11 is 0. The second kappa shape index (κ2) is 7.81. The lowest BCUT2D eigenvalue weighted by atomic mass is 10.0. The van der Waals surface area contributed by atoms with Crippen molar-refractivity contribution in [3.05, 3.63) is 12.4 Å². The Hall–Kier alpha value is -1.85. The molecular formula is C15H23N3O3. The standard InChI is InChI=1S/C15H23N3O3/c1-3-9-21-14-10-13(16-11-17-14)18-8-6-5-7-12(18)15(19)20-4-2/h10-12H,3-9H2,1-2H3. The fraction of sp³-hybridized carbons (Fsp3) is 0.667. The van der Waals surface area contributed by atoms with Crippen LogP contribution in [0.2, 0.25) is 0 Å². The molecule has 21 heavy (non-hydrogen) atoms. The first-order chi connectivity index (χ1) is 10.3. The second-order valence-electron chi connectivity index (χ2n) is 5.02. The van der Waals surface area contributed by atoms with Crippen LogP contribution in [0.4, 0.5) is 5.82 Å². The predicted molar refractivity (Wildman–Crippen MR) is 79.4 cm³/mol. The van der Waals surface area contributed by atoms with Gasteiger partial charge in [0.25, 0.3) is 0 Å². The van der Waals surface area contributed by atoms with Gasteiger partial charge in [0.1, 0.15) is 18.2 Å². The van der Waals surface area contributed by atoms with Crippen LogP contribution in [0.15, 0.2) is 12.4 Å². The molecule has 2 rings (SSSR count). The summed E-state index contributed by atoms with van der Waals surface area (Å²) in [5.74, 6) is 1.11. The Balaban J connectivity index is 2.14. The number of aromatic nitrogens is 2. The zero-order valence-corrected chi connectivity index (χ0v) is 12.7. The number of carbonyl (C=O) groups is 1. The Morgan fingerprint density at radius 3 is 3.00 bits per heavy atom. The molecule has 1 aliphatic heterocycles. The molecule has 0 saturated carbocycles. The van der Waals surface area contributed by atoms with Crippen molar-refractivity contribution in [3.8, 4) is 5.88 Å². The van der Waals surface area contributed by atoms with Gasteiger partial charge in [0.2, 0.25) is 5.88 Å². The average molecular weight is 293 g/mol. The zero-order chi connectivity index (χ0) is 15.1. The Kier molecular flexibility index (Phi) is 5.78. The minimum Gasteiger partial charge on any atom is -0.478 e. The first kappa shape index (κ1) is 15.5. The lowest BCUT2D eigenvalue weighted by molar-refractivity contribution is -0.145. The highest BCUT2D eigenvalue weighted by Gasteiger charge is 2.31. The van der Waals surface area contributed by atoms with Crippen molar-refractivity contribution in [2.24, 2.45) is 0 Å². The highest BCUT2D eigenvalue weighted by molar-refractivity contribution is 5.80. The lowest BCUT2D eigenvalue weighted by Crippen LogP contribution is -2.46. The van der Waals surface area contributed by atoms with Gasteiger partial charge in [0.15, 0.2) is 0 Å². The Bertz CT molecular complexity index is 467. The van der Waals surface area contributed by atoms with Gasteiger partial charge < -0.3 is 14.4 Å². The molecule has 1 aromatic heterocycles. The zero-order valence-electron chi connectivity index (χ0n) is 12.7. The number of rotatable bonds is 6. The monoisotopic (exact) mass is 293 g/mol. The molecule has 1 aromatic rings. The van der Waals surface area contributed by atoms with E-state index in [-0.39, 0.29) is 12.0 Å². The van der Waals surface area contributed by atoms with Gasteiger partial charge in [-0.1, -0.05) is 6.92 Å². The number of anilines is 1. The summed E-state index contributed by atoms with van der Waals surface area (Å²) in [4.78, 5) is 22.5. The summed E-state index contributed by atoms with van der Waals surface area (Å²) in [7, 11) is 0. The number of ether oxygens (including phenoxy) is 2. The first-order valence-electron chi connectivity index (χ1n) is 7.64. The van der Waals surface area contributed by atoms with Gasteiger partial charge in [-0.05, 0) is 32.6 Å². The largest absolute Gasteiger partial charge is 0.478 e. The van der Waals surface area contributed by atoms with E-state index in [0.717, 1.165) is 38.0 Å². The molecule has 2 heterocycles. The van der Waals surface area contributed by atoms with Crippen LogP contribution in [0.5, 0.6) is 5.88 Å². The van der Waals surface area contributed by atoms with Crippen LogP contribution in [0.1, 0.15) is 39.5 Å². The van der Waals surface area contributed by atoms with Crippen LogP contribution >= 0.6 is 0 Å². The maximum atomic E-state index is 12.1. The SMILES string of the molecule is CCCOc1cc(N2CCCCC2C(=O)OCC)ncn1. The number of carbonyl (C=O) groups excluding carboxylic acids is 1. The van der Waals surface area contributed by atoms with E-state index in [4.69, 9.17) is 9.47 Å². The molecule has 1 atom stereocenters. The molecule has 1 unspecified atom stereocenters. The van der Waals surface area contributed by atoms with Gasteiger partial charge in [0, 0.05) is 12.6 Å². The molecular weight excluding hydrogens is 270 g/mol. The highest BCUT2D eigenvalue weighted by Crippen LogP contribution is 2.25. The van der Waals surface area contributed by atoms with Crippen LogP contribution < -0.4 is 9.64 Å². The van der Waals surface area contributed by atoms with E-state index in [1.54, 1.807) is 6.07 Å². The highest BCUT2D eigenvalue weighted by atomic mass is 16.5. The summed E-state index contributed by atoms with van der Waals surface area (Å²) in [5, 5.41) is 0. The van der Waals surface area contributed by atoms with Crippen molar-refractivity contribution in [2.75, 3.05) is 24.7 Å². The molecule has 1 aliphatic rings. The van der Waals surface area contributed by atoms with E-state index in [0.29, 0.717) is 19.1 Å². The number of nitrogens with zero attached hydrogens (tertiary/aromatic N) is 3. The van der Waals surface area contributed by atoms with Crippen LogP contribution in [-0.4, -0.2) is 41.7 Å². The molecule has 0 bridgehead atoms. The molecule has 6 heteroatoms. The summed E-state index contributed by atoms with van der Waals surface area (Å²) in [6.07, 6.45) is 5.29. The molecule has 6 nitrogen and oxygen atoms in total. The van der Waals surface area contributed by atoms with Crippen molar-refractivity contribution in [3.63, 3.8) is 0 Å². The third-order valence-electron chi connectivity index (χ3n) is 3.44. The van der Waals surface area contributed by atoms with Gasteiger partial charge in [0.05, 0.1) is 13.2 Å². The number of hydrogen-bond acceptors (Lipinski definition) is 6. The van der Waals surface area contributed by atoms with Crippen molar-refractivity contribution in [2.45, 2.75) is 45.6 Å². The third kappa shape index (κ3) is 4.06. The van der Waals surface area contributed by atoms with E-state index < -0.39 is 0 Å². The van der Waals surface area contributed by atoms with E-state index in [2.05, 4.69) is 9.97 Å². The number of esters is 1. The second-order valence-corrected chi connectivity index (χ2v) is 5.02. The van der Waals surface area contributed by atoms with Crippen LogP contribution in [0, 0.1) is 0 Å². The van der Waals surface area contributed by atoms with Crippen LogP contribution in [0.25, 0.3) is 0 Å². The molecule has 0 radical (unpaired) electrons. The van der Waals surface area contributed by atoms with E-state index in [1.807, 2.05) is 18.7 Å². The maximum absolute atomic E-state index is 12.1. The van der Waals surface area contributed by atoms with Crippen molar-refractivity contribution >= 4 is 11.8 Å². The van der Waals surface area contributed by atoms with Gasteiger partial charge in [-0.3, -0.25) is 0 Å². The topological polar surface area (TPSA) is 64.5 Å². The van der Waals surface area contributed by atoms with E-state index in [1.165, 1.54) is 6.33 Å². The summed E-state index contributed by atoms with van der Waals surface area (Å²) in [5.41, 5.74) is 0. The van der Waals surface area contributed by atoms with Crippen LogP contribution in [0.3, 0.4) is 0 Å². The average Bonchev–Trinajstić information content (AvgIpc) is 2.53. The predicted octanol–water partition coefficient (Wildman–Crippen LogP) is 2.19. The number of piperidine rings is 1. The summed E-state index contributed by atoms with van der Waals surface area (Å²) < 4.78 is 10.7. The molecule has 0 aliphatic carbocycles. The quantitative estimate of drug-likeness (QED) is 0.749. The molecule has 0 N–H and O–H groups in total. The first-order valence-corrected chi connectivity index (χ1v) is 7.64. The van der Waals surface area contributed by atoms with Gasteiger partial charge in [-0.25, -0.2) is 14.8 Å². The lowest BCUT2D eigenvalue weighted by Gasteiger charge is -2.34. The molecule has 1 saturated heterocycles. The molecule has 0 amide bonds. The smallest absolute Gasteiger partial charge is 0.328 e. The third-order valence-corrected chi connectivity index (χ3v) is 3.44. The van der Waals surface area contributed by atoms with Crippen molar-refractivity contribution < 1.29 is 14.3 Å². The van der Waals surface area contributed by atoms with Crippen molar-refractivity contribution in [1.82, 2.24) is 9.97 Å².